The van der Waals surface area contributed by atoms with Crippen LogP contribution in [0.15, 0.2) is 6.33 Å². The molecule has 0 saturated carbocycles. The first-order valence-corrected chi connectivity index (χ1v) is 4.01. The molecule has 0 aromatic carbocycles. The van der Waals surface area contributed by atoms with Crippen LogP contribution < -0.4 is 0 Å². The van der Waals surface area contributed by atoms with Crippen LogP contribution in [0.3, 0.4) is 0 Å². The number of aromatic nitrogens is 4. The third-order valence-corrected chi connectivity index (χ3v) is 1.57. The number of tetrazole rings is 1. The molecule has 0 spiro atoms. The van der Waals surface area contributed by atoms with E-state index in [1.54, 1.807) is 4.45 Å². The van der Waals surface area contributed by atoms with Crippen LogP contribution in [-0.2, 0) is 11.8 Å². The van der Waals surface area contributed by atoms with E-state index in [0.29, 0.717) is 0 Å². The van der Waals surface area contributed by atoms with Crippen molar-refractivity contribution < 1.29 is 0 Å². The Bertz CT molecular complexity index is 147. The maximum absolute atomic E-state index is 4.68. The van der Waals surface area contributed by atoms with Crippen molar-refractivity contribution in [1.82, 2.24) is 20.0 Å². The summed E-state index contributed by atoms with van der Waals surface area (Å²) in [5.74, 6) is 0. The second-order valence-corrected chi connectivity index (χ2v) is 2.27. The smallest absolute Gasteiger partial charge is 0.142 e. The second kappa shape index (κ2) is 2.14. The molecule has 1 rings (SSSR count). The lowest BCUT2D eigenvalue weighted by Gasteiger charge is -1.75. The number of rotatable bonds is 1. The van der Waals surface area contributed by atoms with Crippen molar-refractivity contribution in [2.75, 3.05) is 0 Å². The van der Waals surface area contributed by atoms with Gasteiger partial charge in [-0.3, -0.25) is 0 Å². The quantitative estimate of drug-likeness (QED) is 0.477. The van der Waals surface area contributed by atoms with Crippen LogP contribution in [-0.4, -0.2) is 20.0 Å². The molecule has 7 heavy (non-hydrogen) atoms. The lowest BCUT2D eigenvalue weighted by Crippen LogP contribution is -1.77. The number of nitrogens with zero attached hydrogens (tertiary/aromatic N) is 4. The average Bonchev–Trinajstić information content (AvgIpc) is 2.14. The van der Waals surface area contributed by atoms with Gasteiger partial charge in [0.2, 0.25) is 0 Å². The molecule has 0 aliphatic heterocycles. The Kier molecular flexibility index (Phi) is 1.49. The van der Waals surface area contributed by atoms with E-state index in [9.17, 15) is 0 Å². The van der Waals surface area contributed by atoms with E-state index in [2.05, 4.69) is 27.3 Å². The third-order valence-electron chi connectivity index (χ3n) is 0.473. The van der Waals surface area contributed by atoms with Gasteiger partial charge in [-0.05, 0) is 10.4 Å². The summed E-state index contributed by atoms with van der Waals surface area (Å²) < 4.78 is 1.55. The molecule has 1 atom stereocenters. The Hall–Kier alpha value is -0.280. The van der Waals surface area contributed by atoms with Crippen LogP contribution in [0.2, 0.25) is 0 Å². The highest BCUT2D eigenvalue weighted by Crippen LogP contribution is 1.89. The fraction of sp³-hybridized carbons (Fsp3) is 0. The fourth-order valence-corrected chi connectivity index (χ4v) is 0.709. The van der Waals surface area contributed by atoms with Gasteiger partial charge in [-0.25, -0.2) is 4.45 Å². The molecule has 0 saturated heterocycles. The number of hydrogen-bond acceptors (Lipinski definition) is 4. The SMILES string of the molecule is S=[PH2]n1cnnn1. The maximum Gasteiger partial charge on any atom is 0.142 e. The molecule has 0 aliphatic carbocycles. The Labute approximate surface area is 46.4 Å². The van der Waals surface area contributed by atoms with E-state index in [0.717, 1.165) is 0 Å². The summed E-state index contributed by atoms with van der Waals surface area (Å²) in [6, 6.07) is 0. The van der Waals surface area contributed by atoms with E-state index in [4.69, 9.17) is 0 Å². The molecular weight excluding hydrogens is 131 g/mol. The summed E-state index contributed by atoms with van der Waals surface area (Å²) >= 11 is 4.68. The molecule has 0 N–H and O–H groups in total. The van der Waals surface area contributed by atoms with E-state index in [1.807, 2.05) is 0 Å². The maximum atomic E-state index is 4.68. The van der Waals surface area contributed by atoms with E-state index < -0.39 is 0 Å². The van der Waals surface area contributed by atoms with Crippen LogP contribution >= 0.6 is 7.51 Å². The summed E-state index contributed by atoms with van der Waals surface area (Å²) in [5, 5.41) is 10.3. The van der Waals surface area contributed by atoms with Crippen LogP contribution in [0.5, 0.6) is 0 Å². The normalized spacial score (nSPS) is 10.9. The van der Waals surface area contributed by atoms with Gasteiger partial charge in [0.25, 0.3) is 0 Å². The van der Waals surface area contributed by atoms with Crippen molar-refractivity contribution in [3.8, 4) is 0 Å². The predicted molar refractivity (Wildman–Crippen MR) is 30.3 cm³/mol. The van der Waals surface area contributed by atoms with Gasteiger partial charge >= 0.3 is 0 Å². The van der Waals surface area contributed by atoms with Gasteiger partial charge in [-0.1, -0.05) is 11.8 Å². The molecule has 4 nitrogen and oxygen atoms in total. The molecule has 1 heterocycles. The van der Waals surface area contributed by atoms with Crippen molar-refractivity contribution in [1.29, 1.82) is 0 Å². The van der Waals surface area contributed by atoms with E-state index in [-0.39, 0.29) is 7.51 Å². The molecule has 1 unspecified atom stereocenters. The van der Waals surface area contributed by atoms with Crippen LogP contribution in [0.4, 0.5) is 0 Å². The van der Waals surface area contributed by atoms with Crippen molar-refractivity contribution in [2.45, 2.75) is 0 Å². The molecule has 0 radical (unpaired) electrons. The van der Waals surface area contributed by atoms with Crippen molar-refractivity contribution in [3.63, 3.8) is 0 Å². The molecule has 0 fully saturated rings. The molecule has 1 aromatic rings. The van der Waals surface area contributed by atoms with Crippen molar-refractivity contribution in [3.05, 3.63) is 6.33 Å². The largest absolute Gasteiger partial charge is 0.209 e. The minimum absolute atomic E-state index is 0.192. The highest BCUT2D eigenvalue weighted by molar-refractivity contribution is 7.95. The van der Waals surface area contributed by atoms with Crippen LogP contribution in [0, 0.1) is 0 Å². The first-order valence-electron chi connectivity index (χ1n) is 1.61. The third kappa shape index (κ3) is 1.04. The average molecular weight is 134 g/mol. The molecular formula is CH3N4PS. The summed E-state index contributed by atoms with van der Waals surface area (Å²) in [5.41, 5.74) is 0. The highest BCUT2D eigenvalue weighted by atomic mass is 32.4. The fourth-order valence-electron chi connectivity index (χ4n) is 0.217. The first kappa shape index (κ1) is 4.87. The van der Waals surface area contributed by atoms with Gasteiger partial charge < -0.3 is 0 Å². The summed E-state index contributed by atoms with van der Waals surface area (Å²) in [6.45, 7) is 0. The Morgan fingerprint density at radius 3 is 2.86 bits per heavy atom. The van der Waals surface area contributed by atoms with Crippen LogP contribution in [0.25, 0.3) is 0 Å². The Balaban J connectivity index is 2.96. The number of hydrogen-bond donors (Lipinski definition) is 0. The zero-order valence-electron chi connectivity index (χ0n) is 3.35. The minimum Gasteiger partial charge on any atom is -0.209 e. The van der Waals surface area contributed by atoms with Crippen LogP contribution in [0.1, 0.15) is 0 Å². The molecule has 0 bridgehead atoms. The lowest BCUT2D eigenvalue weighted by molar-refractivity contribution is 0.853. The second-order valence-electron chi connectivity index (χ2n) is 0.895. The lowest BCUT2D eigenvalue weighted by atomic mass is 11.4. The van der Waals surface area contributed by atoms with Crippen molar-refractivity contribution >= 4 is 19.3 Å². The minimum atomic E-state index is -0.192. The van der Waals surface area contributed by atoms with Gasteiger partial charge in [-0.2, -0.15) is 0 Å². The predicted octanol–water partition coefficient (Wildman–Crippen LogP) is -0.691. The van der Waals surface area contributed by atoms with Gasteiger partial charge in [0.05, 0.1) is 0 Å². The van der Waals surface area contributed by atoms with Gasteiger partial charge in [-0.15, -0.1) is 5.10 Å². The standard InChI is InChI=1S/CH3N4PS/c7-6-5-1-2-3-4-5/h1H,6H2. The van der Waals surface area contributed by atoms with Gasteiger partial charge in [0, 0.05) is 7.51 Å². The molecule has 6 heteroatoms. The molecule has 38 valence electrons. The molecule has 1 aromatic heterocycles. The summed E-state index contributed by atoms with van der Waals surface area (Å²) in [7, 11) is -0.192. The first-order chi connectivity index (χ1) is 3.43. The summed E-state index contributed by atoms with van der Waals surface area (Å²) in [6.07, 6.45) is 1.52. The topological polar surface area (TPSA) is 43.6 Å². The van der Waals surface area contributed by atoms with Gasteiger partial charge in [0.1, 0.15) is 6.33 Å². The van der Waals surface area contributed by atoms with E-state index in [1.165, 1.54) is 6.33 Å². The molecule has 0 amide bonds. The zero-order valence-corrected chi connectivity index (χ0v) is 5.32. The van der Waals surface area contributed by atoms with E-state index >= 15 is 0 Å². The highest BCUT2D eigenvalue weighted by Gasteiger charge is 1.76. The zero-order chi connectivity index (χ0) is 5.11. The van der Waals surface area contributed by atoms with Gasteiger partial charge in [0.15, 0.2) is 0 Å². The Morgan fingerprint density at radius 1 is 1.71 bits per heavy atom. The molecule has 0 aliphatic rings. The Morgan fingerprint density at radius 2 is 2.57 bits per heavy atom. The monoisotopic (exact) mass is 134 g/mol. The van der Waals surface area contributed by atoms with Crippen molar-refractivity contribution in [2.24, 2.45) is 0 Å². The summed E-state index contributed by atoms with van der Waals surface area (Å²) in [4.78, 5) is 0.